The quantitative estimate of drug-likeness (QED) is 0.265. The van der Waals surface area contributed by atoms with E-state index in [4.69, 9.17) is 41.8 Å². The van der Waals surface area contributed by atoms with E-state index in [0.717, 1.165) is 5.56 Å². The lowest BCUT2D eigenvalue weighted by molar-refractivity contribution is -0.139. The number of carbonyl (C=O) groups is 1. The molecular formula is C29H24Cl2N2O6S. The standard InChI is InChI=1S/C29H24Cl2N2O6S/c1-5-38-28(35)25-15(2)32-29-33(26(25)17-7-10-22(36-3)23(13-17)37-4)27(34)24(40-29)14-18-8-11-21(39-18)16-6-9-19(30)20(31)12-16/h6-14,26H,5H2,1-4H3/b24-14-/t26-/m1/s1. The first-order valence-electron chi connectivity index (χ1n) is 12.2. The summed E-state index contributed by atoms with van der Waals surface area (Å²) in [4.78, 5) is 32.0. The topological polar surface area (TPSA) is 92.3 Å². The number of carbonyl (C=O) groups excluding carboxylic acids is 1. The number of hydrogen-bond donors (Lipinski definition) is 0. The lowest BCUT2D eigenvalue weighted by Gasteiger charge is -2.25. The molecule has 11 heteroatoms. The minimum Gasteiger partial charge on any atom is -0.493 e. The summed E-state index contributed by atoms with van der Waals surface area (Å²) < 4.78 is 24.1. The van der Waals surface area contributed by atoms with Gasteiger partial charge in [-0.2, -0.15) is 0 Å². The van der Waals surface area contributed by atoms with Gasteiger partial charge in [-0.3, -0.25) is 9.36 Å². The van der Waals surface area contributed by atoms with Gasteiger partial charge in [-0.25, -0.2) is 9.79 Å². The van der Waals surface area contributed by atoms with Crippen LogP contribution in [0.25, 0.3) is 17.4 Å². The van der Waals surface area contributed by atoms with Crippen molar-refractivity contribution >= 4 is 46.6 Å². The fourth-order valence-corrected chi connectivity index (χ4v) is 5.82. The van der Waals surface area contributed by atoms with Gasteiger partial charge in [0, 0.05) is 11.6 Å². The van der Waals surface area contributed by atoms with Gasteiger partial charge in [-0.05, 0) is 61.9 Å². The van der Waals surface area contributed by atoms with E-state index in [9.17, 15) is 9.59 Å². The van der Waals surface area contributed by atoms with Crippen molar-refractivity contribution in [1.82, 2.24) is 4.57 Å². The molecule has 8 nitrogen and oxygen atoms in total. The molecule has 40 heavy (non-hydrogen) atoms. The van der Waals surface area contributed by atoms with Crippen LogP contribution in [0.2, 0.25) is 10.0 Å². The Morgan fingerprint density at radius 2 is 1.85 bits per heavy atom. The second kappa shape index (κ2) is 11.4. The first kappa shape index (κ1) is 27.8. The average molecular weight is 599 g/mol. The van der Waals surface area contributed by atoms with Crippen LogP contribution < -0.4 is 24.4 Å². The maximum absolute atomic E-state index is 13.8. The van der Waals surface area contributed by atoms with Gasteiger partial charge >= 0.3 is 5.97 Å². The average Bonchev–Trinajstić information content (AvgIpc) is 3.53. The maximum atomic E-state index is 13.8. The zero-order chi connectivity index (χ0) is 28.6. The molecule has 0 saturated carbocycles. The van der Waals surface area contributed by atoms with Crippen molar-refractivity contribution in [3.05, 3.63) is 101 Å². The molecule has 0 unspecified atom stereocenters. The number of thiazole rings is 1. The van der Waals surface area contributed by atoms with E-state index in [2.05, 4.69) is 4.99 Å². The molecule has 2 aromatic heterocycles. The molecule has 1 atom stereocenters. The van der Waals surface area contributed by atoms with E-state index in [0.29, 0.717) is 53.7 Å². The summed E-state index contributed by atoms with van der Waals surface area (Å²) in [6, 6.07) is 13.2. The fourth-order valence-electron chi connectivity index (χ4n) is 4.49. The predicted octanol–water partition coefficient (Wildman–Crippen LogP) is 5.38. The largest absolute Gasteiger partial charge is 0.493 e. The number of rotatable bonds is 7. The molecule has 0 amide bonds. The first-order valence-corrected chi connectivity index (χ1v) is 13.8. The van der Waals surface area contributed by atoms with Crippen LogP contribution in [0.1, 0.15) is 31.2 Å². The second-order valence-electron chi connectivity index (χ2n) is 8.75. The minimum absolute atomic E-state index is 0.179. The number of hydrogen-bond acceptors (Lipinski definition) is 8. The van der Waals surface area contributed by atoms with Crippen LogP contribution in [0.3, 0.4) is 0 Å². The molecule has 206 valence electrons. The number of aromatic nitrogens is 1. The Hall–Kier alpha value is -3.79. The zero-order valence-electron chi connectivity index (χ0n) is 22.0. The summed E-state index contributed by atoms with van der Waals surface area (Å²) in [5.41, 5.74) is 1.80. The van der Waals surface area contributed by atoms with Gasteiger partial charge in [0.2, 0.25) is 0 Å². The molecule has 0 spiro atoms. The molecule has 0 fully saturated rings. The van der Waals surface area contributed by atoms with Gasteiger partial charge in [0.05, 0.1) is 52.7 Å². The molecule has 2 aromatic carbocycles. The lowest BCUT2D eigenvalue weighted by Crippen LogP contribution is -2.39. The Morgan fingerprint density at radius 1 is 1.07 bits per heavy atom. The smallest absolute Gasteiger partial charge is 0.338 e. The summed E-state index contributed by atoms with van der Waals surface area (Å²) in [6.07, 6.45) is 1.65. The van der Waals surface area contributed by atoms with Gasteiger partial charge in [0.25, 0.3) is 5.56 Å². The molecule has 0 radical (unpaired) electrons. The van der Waals surface area contributed by atoms with Crippen LogP contribution >= 0.6 is 34.5 Å². The van der Waals surface area contributed by atoms with Gasteiger partial charge < -0.3 is 18.6 Å². The van der Waals surface area contributed by atoms with E-state index >= 15 is 0 Å². The molecule has 1 aliphatic heterocycles. The van der Waals surface area contributed by atoms with Gasteiger partial charge in [0.1, 0.15) is 11.5 Å². The van der Waals surface area contributed by atoms with Crippen LogP contribution in [0.15, 0.2) is 74.0 Å². The van der Waals surface area contributed by atoms with Crippen molar-refractivity contribution in [2.24, 2.45) is 4.99 Å². The number of benzene rings is 2. The van der Waals surface area contributed by atoms with Gasteiger partial charge in [0.15, 0.2) is 16.3 Å². The molecule has 0 bridgehead atoms. The van der Waals surface area contributed by atoms with E-state index in [1.807, 2.05) is 0 Å². The van der Waals surface area contributed by atoms with Crippen LogP contribution in [-0.2, 0) is 9.53 Å². The summed E-state index contributed by atoms with van der Waals surface area (Å²) in [5, 5.41) is 0.855. The molecule has 5 rings (SSSR count). The van der Waals surface area contributed by atoms with Gasteiger partial charge in [-0.15, -0.1) is 0 Å². The molecular weight excluding hydrogens is 575 g/mol. The Morgan fingerprint density at radius 3 is 2.55 bits per heavy atom. The maximum Gasteiger partial charge on any atom is 0.338 e. The number of ether oxygens (including phenoxy) is 3. The number of halogens is 2. The van der Waals surface area contributed by atoms with E-state index in [-0.39, 0.29) is 17.7 Å². The highest BCUT2D eigenvalue weighted by Crippen LogP contribution is 2.36. The third kappa shape index (κ3) is 5.08. The fraction of sp³-hybridized carbons (Fsp3) is 0.207. The van der Waals surface area contributed by atoms with E-state index in [1.165, 1.54) is 30.1 Å². The number of esters is 1. The summed E-state index contributed by atoms with van der Waals surface area (Å²) in [7, 11) is 3.06. The summed E-state index contributed by atoms with van der Waals surface area (Å²) in [6.45, 7) is 3.63. The van der Waals surface area contributed by atoms with Crippen molar-refractivity contribution in [3.63, 3.8) is 0 Å². The number of nitrogens with zero attached hydrogens (tertiary/aromatic N) is 2. The number of methoxy groups -OCH3 is 2. The SMILES string of the molecule is CCOC(=O)C1=C(C)N=c2s/c(=C\c3ccc(-c4ccc(Cl)c(Cl)c4)o3)c(=O)n2[C@@H]1c1ccc(OC)c(OC)c1. The van der Waals surface area contributed by atoms with Crippen molar-refractivity contribution in [2.75, 3.05) is 20.8 Å². The number of furan rings is 1. The van der Waals surface area contributed by atoms with Crippen molar-refractivity contribution in [3.8, 4) is 22.8 Å². The first-order chi connectivity index (χ1) is 19.2. The van der Waals surface area contributed by atoms with Crippen LogP contribution in [0.5, 0.6) is 11.5 Å². The third-order valence-corrected chi connectivity index (χ3v) is 8.07. The van der Waals surface area contributed by atoms with Crippen LogP contribution in [0, 0.1) is 0 Å². The van der Waals surface area contributed by atoms with Crippen molar-refractivity contribution in [1.29, 1.82) is 0 Å². The highest BCUT2D eigenvalue weighted by molar-refractivity contribution is 7.07. The Balaban J connectivity index is 1.65. The normalized spacial score (nSPS) is 15.1. The minimum atomic E-state index is -0.791. The molecule has 4 aromatic rings. The van der Waals surface area contributed by atoms with Crippen molar-refractivity contribution < 1.29 is 23.4 Å². The van der Waals surface area contributed by atoms with E-state index < -0.39 is 12.0 Å². The molecule has 0 saturated heterocycles. The predicted molar refractivity (Wildman–Crippen MR) is 154 cm³/mol. The van der Waals surface area contributed by atoms with Crippen LogP contribution in [-0.4, -0.2) is 31.4 Å². The van der Waals surface area contributed by atoms with Crippen molar-refractivity contribution in [2.45, 2.75) is 19.9 Å². The summed E-state index contributed by atoms with van der Waals surface area (Å²) >= 11 is 13.4. The van der Waals surface area contributed by atoms with Gasteiger partial charge in [-0.1, -0.05) is 40.6 Å². The number of fused-ring (bicyclic) bond motifs is 1. The Bertz CT molecular complexity index is 1840. The van der Waals surface area contributed by atoms with E-state index in [1.54, 1.807) is 68.5 Å². The Kier molecular flexibility index (Phi) is 7.89. The lowest BCUT2D eigenvalue weighted by atomic mass is 9.95. The molecule has 0 aliphatic carbocycles. The molecule has 0 N–H and O–H groups in total. The zero-order valence-corrected chi connectivity index (χ0v) is 24.3. The highest BCUT2D eigenvalue weighted by atomic mass is 35.5. The molecule has 1 aliphatic rings. The molecule has 3 heterocycles. The third-order valence-electron chi connectivity index (χ3n) is 6.34. The summed E-state index contributed by atoms with van der Waals surface area (Å²) in [5.74, 6) is 1.48. The second-order valence-corrected chi connectivity index (χ2v) is 10.6. The highest BCUT2D eigenvalue weighted by Gasteiger charge is 2.34. The monoisotopic (exact) mass is 598 g/mol. The Labute approximate surface area is 243 Å². The number of allylic oxidation sites excluding steroid dienone is 1. The van der Waals surface area contributed by atoms with Crippen LogP contribution in [0.4, 0.5) is 0 Å².